The number of carbonyl (C=O) groups excluding carboxylic acids is 2. The molecule has 1 atom stereocenters. The van der Waals surface area contributed by atoms with Gasteiger partial charge in [-0.25, -0.2) is 4.39 Å². The van der Waals surface area contributed by atoms with E-state index in [0.29, 0.717) is 5.75 Å². The molecule has 2 aromatic rings. The van der Waals surface area contributed by atoms with Crippen molar-refractivity contribution in [2.75, 3.05) is 11.9 Å². The van der Waals surface area contributed by atoms with Crippen molar-refractivity contribution >= 4 is 29.9 Å². The lowest BCUT2D eigenvalue weighted by atomic mass is 10.1. The van der Waals surface area contributed by atoms with Crippen molar-refractivity contribution < 1.29 is 18.7 Å². The first-order valence-electron chi connectivity index (χ1n) is 8.22. The summed E-state index contributed by atoms with van der Waals surface area (Å²) in [6, 6.07) is 12.0. The van der Waals surface area contributed by atoms with Crippen LogP contribution in [0.25, 0.3) is 0 Å². The molecule has 2 amide bonds. The van der Waals surface area contributed by atoms with E-state index in [9.17, 15) is 14.0 Å². The minimum atomic E-state index is -0.700. The Morgan fingerprint density at radius 2 is 1.81 bits per heavy atom. The molecule has 0 unspecified atom stereocenters. The van der Waals surface area contributed by atoms with E-state index < -0.39 is 23.7 Å². The highest BCUT2D eigenvalue weighted by atomic mass is 35.5. The lowest BCUT2D eigenvalue weighted by molar-refractivity contribution is -0.125. The topological polar surface area (TPSA) is 93.5 Å². The fourth-order valence-electron chi connectivity index (χ4n) is 2.09. The normalized spacial score (nSPS) is 11.3. The van der Waals surface area contributed by atoms with E-state index in [4.69, 9.17) is 10.5 Å². The maximum atomic E-state index is 13.6. The van der Waals surface area contributed by atoms with Gasteiger partial charge in [-0.1, -0.05) is 32.0 Å². The predicted octanol–water partition coefficient (Wildman–Crippen LogP) is 3.08. The highest BCUT2D eigenvalue weighted by Crippen LogP contribution is 2.30. The molecule has 0 aliphatic carbocycles. The lowest BCUT2D eigenvalue weighted by Gasteiger charge is -2.16. The van der Waals surface area contributed by atoms with E-state index in [-0.39, 0.29) is 36.3 Å². The predicted molar refractivity (Wildman–Crippen MR) is 105 cm³/mol. The molecule has 0 saturated heterocycles. The summed E-state index contributed by atoms with van der Waals surface area (Å²) < 4.78 is 19.2. The van der Waals surface area contributed by atoms with E-state index in [1.807, 2.05) is 19.9 Å². The zero-order valence-electron chi connectivity index (χ0n) is 15.1. The second kappa shape index (κ2) is 10.5. The highest BCUT2D eigenvalue weighted by Gasteiger charge is 2.18. The number of carbonyl (C=O) groups is 2. The van der Waals surface area contributed by atoms with Crippen molar-refractivity contribution in [1.29, 1.82) is 0 Å². The van der Waals surface area contributed by atoms with Crippen molar-refractivity contribution in [3.8, 4) is 11.5 Å². The van der Waals surface area contributed by atoms with Gasteiger partial charge in [0.1, 0.15) is 11.6 Å². The van der Waals surface area contributed by atoms with Crippen LogP contribution >= 0.6 is 12.4 Å². The third kappa shape index (κ3) is 6.88. The van der Waals surface area contributed by atoms with Crippen LogP contribution in [0.3, 0.4) is 0 Å². The molecule has 0 aromatic heterocycles. The van der Waals surface area contributed by atoms with Gasteiger partial charge in [0, 0.05) is 6.07 Å². The zero-order chi connectivity index (χ0) is 19.1. The van der Waals surface area contributed by atoms with Crippen LogP contribution in [-0.2, 0) is 9.59 Å². The Balaban J connectivity index is 0.00000364. The number of benzene rings is 2. The monoisotopic (exact) mass is 395 g/mol. The second-order valence-electron chi connectivity index (χ2n) is 6.09. The molecule has 0 saturated carbocycles. The highest BCUT2D eigenvalue weighted by molar-refractivity contribution is 5.96. The SMILES string of the molecule is CC(C)[C@H](N)C(=O)NCC(=O)Nc1cc(F)ccc1Oc1ccccc1.Cl. The van der Waals surface area contributed by atoms with Crippen LogP contribution in [-0.4, -0.2) is 24.4 Å². The van der Waals surface area contributed by atoms with Crippen LogP contribution in [0.15, 0.2) is 48.5 Å². The van der Waals surface area contributed by atoms with Crippen molar-refractivity contribution in [3.63, 3.8) is 0 Å². The Kier molecular flexibility index (Phi) is 8.71. The Bertz CT molecular complexity index is 772. The van der Waals surface area contributed by atoms with Gasteiger partial charge in [-0.2, -0.15) is 0 Å². The molecular weight excluding hydrogens is 373 g/mol. The summed E-state index contributed by atoms with van der Waals surface area (Å²) in [5, 5.41) is 4.99. The van der Waals surface area contributed by atoms with Crippen molar-refractivity contribution in [2.45, 2.75) is 19.9 Å². The average molecular weight is 396 g/mol. The summed E-state index contributed by atoms with van der Waals surface area (Å²) in [6.07, 6.45) is 0. The van der Waals surface area contributed by atoms with E-state index in [0.717, 1.165) is 6.07 Å². The summed E-state index contributed by atoms with van der Waals surface area (Å²) in [6.45, 7) is 3.34. The third-order valence-corrected chi connectivity index (χ3v) is 3.63. The molecule has 146 valence electrons. The standard InChI is InChI=1S/C19H22FN3O3.ClH/c1-12(2)18(21)19(25)22-11-17(24)23-15-10-13(20)8-9-16(15)26-14-6-4-3-5-7-14;/h3-10,12,18H,11,21H2,1-2H3,(H,22,25)(H,23,24);1H/t18-;/m0./s1. The number of nitrogens with two attached hydrogens (primary N) is 1. The number of para-hydroxylation sites is 1. The van der Waals surface area contributed by atoms with Gasteiger partial charge in [0.05, 0.1) is 18.3 Å². The molecule has 0 spiro atoms. The molecule has 4 N–H and O–H groups in total. The fourth-order valence-corrected chi connectivity index (χ4v) is 2.09. The zero-order valence-corrected chi connectivity index (χ0v) is 15.9. The minimum Gasteiger partial charge on any atom is -0.455 e. The van der Waals surface area contributed by atoms with Crippen molar-refractivity contribution in [2.24, 2.45) is 11.7 Å². The first-order chi connectivity index (χ1) is 12.4. The fraction of sp³-hybridized carbons (Fsp3) is 0.263. The average Bonchev–Trinajstić information content (AvgIpc) is 2.62. The van der Waals surface area contributed by atoms with E-state index in [1.165, 1.54) is 12.1 Å². The number of anilines is 1. The van der Waals surface area contributed by atoms with Gasteiger partial charge in [0.2, 0.25) is 11.8 Å². The third-order valence-electron chi connectivity index (χ3n) is 3.63. The number of hydrogen-bond donors (Lipinski definition) is 3. The maximum Gasteiger partial charge on any atom is 0.243 e. The molecule has 8 heteroatoms. The summed E-state index contributed by atoms with van der Waals surface area (Å²) in [4.78, 5) is 23.9. The van der Waals surface area contributed by atoms with Gasteiger partial charge < -0.3 is 21.1 Å². The van der Waals surface area contributed by atoms with Gasteiger partial charge >= 0.3 is 0 Å². The Morgan fingerprint density at radius 3 is 2.44 bits per heavy atom. The van der Waals surface area contributed by atoms with Crippen LogP contribution in [0.5, 0.6) is 11.5 Å². The Hall–Kier alpha value is -2.64. The van der Waals surface area contributed by atoms with Crippen LogP contribution in [0.1, 0.15) is 13.8 Å². The first kappa shape index (κ1) is 22.4. The maximum absolute atomic E-state index is 13.6. The van der Waals surface area contributed by atoms with Crippen molar-refractivity contribution in [3.05, 3.63) is 54.3 Å². The summed E-state index contributed by atoms with van der Waals surface area (Å²) in [7, 11) is 0. The molecule has 0 heterocycles. The second-order valence-corrected chi connectivity index (χ2v) is 6.09. The lowest BCUT2D eigenvalue weighted by Crippen LogP contribution is -2.46. The molecule has 0 fully saturated rings. The molecular formula is C19H23ClFN3O3. The number of nitrogens with one attached hydrogen (secondary N) is 2. The van der Waals surface area contributed by atoms with Gasteiger partial charge in [0.15, 0.2) is 5.75 Å². The minimum absolute atomic E-state index is 0. The smallest absolute Gasteiger partial charge is 0.243 e. The number of hydrogen-bond acceptors (Lipinski definition) is 4. The van der Waals surface area contributed by atoms with Gasteiger partial charge in [-0.05, 0) is 30.2 Å². The van der Waals surface area contributed by atoms with Crippen LogP contribution < -0.4 is 21.1 Å². The number of rotatable bonds is 7. The molecule has 0 bridgehead atoms. The number of halogens is 2. The Labute approximate surface area is 163 Å². The van der Waals surface area contributed by atoms with E-state index in [2.05, 4.69) is 10.6 Å². The number of ether oxygens (including phenoxy) is 1. The summed E-state index contributed by atoms with van der Waals surface area (Å²) in [5.74, 6) is -0.673. The van der Waals surface area contributed by atoms with Crippen LogP contribution in [0.2, 0.25) is 0 Å². The molecule has 6 nitrogen and oxygen atoms in total. The molecule has 27 heavy (non-hydrogen) atoms. The van der Waals surface area contributed by atoms with Gasteiger partial charge in [-0.3, -0.25) is 9.59 Å². The van der Waals surface area contributed by atoms with Crippen molar-refractivity contribution in [1.82, 2.24) is 5.32 Å². The van der Waals surface area contributed by atoms with Crippen LogP contribution in [0, 0.1) is 11.7 Å². The molecule has 0 aliphatic rings. The summed E-state index contributed by atoms with van der Waals surface area (Å²) >= 11 is 0. The largest absolute Gasteiger partial charge is 0.455 e. The van der Waals surface area contributed by atoms with Gasteiger partial charge in [-0.15, -0.1) is 12.4 Å². The molecule has 2 aromatic carbocycles. The van der Waals surface area contributed by atoms with E-state index >= 15 is 0 Å². The van der Waals surface area contributed by atoms with Crippen LogP contribution in [0.4, 0.5) is 10.1 Å². The Morgan fingerprint density at radius 1 is 1.15 bits per heavy atom. The first-order valence-corrected chi connectivity index (χ1v) is 8.22. The quantitative estimate of drug-likeness (QED) is 0.671. The van der Waals surface area contributed by atoms with E-state index in [1.54, 1.807) is 24.3 Å². The summed E-state index contributed by atoms with van der Waals surface area (Å²) in [5.41, 5.74) is 5.88. The molecule has 0 aliphatic heterocycles. The molecule has 0 radical (unpaired) electrons. The molecule has 2 rings (SSSR count). The number of amides is 2. The van der Waals surface area contributed by atoms with Gasteiger partial charge in [0.25, 0.3) is 0 Å².